The molecule has 0 spiro atoms. The molecule has 0 bridgehead atoms. The molecule has 10 heteroatoms. The Kier molecular flexibility index (Phi) is 6.57. The topological polar surface area (TPSA) is 90.5 Å². The number of anilines is 2. The summed E-state index contributed by atoms with van der Waals surface area (Å²) >= 11 is 6.41. The molecule has 0 unspecified atom stereocenters. The van der Waals surface area contributed by atoms with Gasteiger partial charge >= 0.3 is 0 Å². The van der Waals surface area contributed by atoms with E-state index in [1.807, 2.05) is 49.9 Å². The van der Waals surface area contributed by atoms with E-state index in [9.17, 15) is 9.59 Å². The number of fused-ring (bicyclic) bond motifs is 1. The highest BCUT2D eigenvalue weighted by Gasteiger charge is 2.29. The maximum absolute atomic E-state index is 12.5. The number of benzene rings is 2. The number of carbonyl (C=O) groups is 2. The summed E-state index contributed by atoms with van der Waals surface area (Å²) in [5.41, 5.74) is 3.44. The van der Waals surface area contributed by atoms with Crippen LogP contribution < -0.4 is 15.5 Å². The van der Waals surface area contributed by atoms with Crippen molar-refractivity contribution >= 4 is 63.3 Å². The van der Waals surface area contributed by atoms with Gasteiger partial charge in [-0.25, -0.2) is 0 Å². The Bertz CT molecular complexity index is 1180. The lowest BCUT2D eigenvalue weighted by Crippen LogP contribution is -2.51. The Morgan fingerprint density at radius 2 is 1.64 bits per heavy atom. The third-order valence-corrected chi connectivity index (χ3v) is 6.20. The highest BCUT2D eigenvalue weighted by Crippen LogP contribution is 2.22. The normalized spacial score (nSPS) is 14.3. The lowest BCUT2D eigenvalue weighted by Gasteiger charge is -2.38. The Morgan fingerprint density at radius 3 is 2.30 bits per heavy atom. The van der Waals surface area contributed by atoms with E-state index in [1.54, 1.807) is 18.2 Å². The van der Waals surface area contributed by atoms with Crippen LogP contribution >= 0.6 is 23.9 Å². The fourth-order valence-corrected chi connectivity index (χ4v) is 4.39. The van der Waals surface area contributed by atoms with Crippen molar-refractivity contribution in [2.45, 2.75) is 20.8 Å². The number of amides is 2. The molecule has 2 heterocycles. The minimum atomic E-state index is -0.353. The third kappa shape index (κ3) is 5.45. The lowest BCUT2D eigenvalue weighted by molar-refractivity contribution is -0.139. The third-order valence-electron chi connectivity index (χ3n) is 5.44. The molecule has 2 amide bonds. The molecular weight excluding hydrogens is 456 g/mol. The number of carbonyl (C=O) groups excluding carboxylic acids is 2. The van der Waals surface area contributed by atoms with E-state index >= 15 is 0 Å². The van der Waals surface area contributed by atoms with E-state index in [0.717, 1.165) is 54.8 Å². The molecule has 0 radical (unpaired) electrons. The van der Waals surface area contributed by atoms with Crippen LogP contribution in [-0.2, 0) is 4.79 Å². The van der Waals surface area contributed by atoms with Crippen LogP contribution in [0.15, 0.2) is 42.5 Å². The van der Waals surface area contributed by atoms with Gasteiger partial charge in [-0.15, -0.1) is 0 Å². The Labute approximate surface area is 202 Å². The molecule has 1 aliphatic rings. The van der Waals surface area contributed by atoms with E-state index in [1.165, 1.54) is 0 Å². The first kappa shape index (κ1) is 23.1. The molecular formula is C23H26N6O2S2. The molecule has 0 aliphatic carbocycles. The first-order valence-corrected chi connectivity index (χ1v) is 11.8. The number of nitrogens with zero attached hydrogens (tertiary/aromatic N) is 4. The number of rotatable bonds is 3. The molecule has 8 nitrogen and oxygen atoms in total. The molecule has 2 aromatic carbocycles. The maximum Gasteiger partial charge on any atom is 0.257 e. The van der Waals surface area contributed by atoms with Crippen molar-refractivity contribution in [2.75, 3.05) is 36.4 Å². The van der Waals surface area contributed by atoms with Crippen molar-refractivity contribution in [3.63, 3.8) is 0 Å². The fourth-order valence-electron chi connectivity index (χ4n) is 3.66. The van der Waals surface area contributed by atoms with Crippen molar-refractivity contribution < 1.29 is 9.59 Å². The Hall–Kier alpha value is -3.11. The van der Waals surface area contributed by atoms with E-state index in [0.29, 0.717) is 11.1 Å². The zero-order chi connectivity index (χ0) is 23.6. The molecule has 33 heavy (non-hydrogen) atoms. The maximum atomic E-state index is 12.5. The van der Waals surface area contributed by atoms with Crippen LogP contribution in [0.4, 0.5) is 11.4 Å². The number of hydrogen-bond donors (Lipinski definition) is 2. The first-order valence-electron chi connectivity index (χ1n) is 10.7. The fraction of sp³-hybridized carbons (Fsp3) is 0.348. The van der Waals surface area contributed by atoms with Gasteiger partial charge in [0.1, 0.15) is 11.0 Å². The number of nitrogens with one attached hydrogen (secondary N) is 2. The summed E-state index contributed by atoms with van der Waals surface area (Å²) in [5, 5.41) is 5.96. The van der Waals surface area contributed by atoms with Gasteiger partial charge in [-0.05, 0) is 54.7 Å². The van der Waals surface area contributed by atoms with Crippen LogP contribution in [0, 0.1) is 5.41 Å². The second-order valence-corrected chi connectivity index (χ2v) is 9.89. The molecule has 1 saturated heterocycles. The van der Waals surface area contributed by atoms with Crippen molar-refractivity contribution in [2.24, 2.45) is 5.41 Å². The van der Waals surface area contributed by atoms with Gasteiger partial charge in [0.25, 0.3) is 5.91 Å². The summed E-state index contributed by atoms with van der Waals surface area (Å²) in [6, 6.07) is 13.0. The predicted molar refractivity (Wildman–Crippen MR) is 136 cm³/mol. The molecule has 3 aromatic rings. The second kappa shape index (κ2) is 9.40. The molecule has 0 atom stereocenters. The quantitative estimate of drug-likeness (QED) is 0.552. The monoisotopic (exact) mass is 482 g/mol. The summed E-state index contributed by atoms with van der Waals surface area (Å²) in [5.74, 6) is -0.109. The SMILES string of the molecule is CC(C)(C)C(=O)N1CCN(c2ccc(NC(=S)NC(=O)c3ccc4nsnc4c3)cc2)CC1. The van der Waals surface area contributed by atoms with E-state index < -0.39 is 0 Å². The average molecular weight is 483 g/mol. The highest BCUT2D eigenvalue weighted by atomic mass is 32.1. The largest absolute Gasteiger partial charge is 0.368 e. The van der Waals surface area contributed by atoms with Crippen LogP contribution in [0.25, 0.3) is 11.0 Å². The molecule has 172 valence electrons. The van der Waals surface area contributed by atoms with Gasteiger partial charge < -0.3 is 15.1 Å². The first-order chi connectivity index (χ1) is 15.7. The average Bonchev–Trinajstić information content (AvgIpc) is 3.26. The Morgan fingerprint density at radius 1 is 0.970 bits per heavy atom. The van der Waals surface area contributed by atoms with Crippen molar-refractivity contribution in [1.29, 1.82) is 0 Å². The minimum Gasteiger partial charge on any atom is -0.368 e. The predicted octanol–water partition coefficient (Wildman–Crippen LogP) is 3.51. The number of aromatic nitrogens is 2. The van der Waals surface area contributed by atoms with Crippen molar-refractivity contribution in [3.8, 4) is 0 Å². The smallest absolute Gasteiger partial charge is 0.257 e. The summed E-state index contributed by atoms with van der Waals surface area (Å²) in [4.78, 5) is 29.2. The zero-order valence-electron chi connectivity index (χ0n) is 18.8. The van der Waals surface area contributed by atoms with Gasteiger partial charge in [0.05, 0.1) is 11.7 Å². The molecule has 1 fully saturated rings. The number of hydrogen-bond acceptors (Lipinski definition) is 7. The molecule has 4 rings (SSSR count). The highest BCUT2D eigenvalue weighted by molar-refractivity contribution is 7.80. The summed E-state index contributed by atoms with van der Waals surface area (Å²) in [7, 11) is 0. The van der Waals surface area contributed by atoms with E-state index in [2.05, 4.69) is 24.3 Å². The lowest BCUT2D eigenvalue weighted by atomic mass is 9.94. The molecule has 0 saturated carbocycles. The number of thiocarbonyl (C=S) groups is 1. The summed E-state index contributed by atoms with van der Waals surface area (Å²) in [6.07, 6.45) is 0. The van der Waals surface area contributed by atoms with E-state index in [4.69, 9.17) is 12.2 Å². The van der Waals surface area contributed by atoms with E-state index in [-0.39, 0.29) is 22.3 Å². The van der Waals surface area contributed by atoms with Crippen molar-refractivity contribution in [3.05, 3.63) is 48.0 Å². The standard InChI is InChI=1S/C23H26N6O2S2/c1-23(2,3)21(31)29-12-10-28(11-13-29)17-7-5-16(6-8-17)24-22(32)25-20(30)15-4-9-18-19(14-15)27-33-26-18/h4-9,14H,10-13H2,1-3H3,(H2,24,25,30,32). The van der Waals surface area contributed by atoms with Crippen LogP contribution in [0.3, 0.4) is 0 Å². The second-order valence-electron chi connectivity index (χ2n) is 8.95. The van der Waals surface area contributed by atoms with Crippen LogP contribution in [0.2, 0.25) is 0 Å². The molecule has 2 N–H and O–H groups in total. The summed E-state index contributed by atoms with van der Waals surface area (Å²) < 4.78 is 8.30. The number of piperazine rings is 1. The van der Waals surface area contributed by atoms with Crippen molar-refractivity contribution in [1.82, 2.24) is 19.0 Å². The van der Waals surface area contributed by atoms with Gasteiger partial charge in [0.15, 0.2) is 5.11 Å². The zero-order valence-corrected chi connectivity index (χ0v) is 20.4. The van der Waals surface area contributed by atoms with Gasteiger partial charge in [0, 0.05) is 48.5 Å². The molecule has 1 aliphatic heterocycles. The summed E-state index contributed by atoms with van der Waals surface area (Å²) in [6.45, 7) is 8.89. The van der Waals surface area contributed by atoms with Gasteiger partial charge in [0.2, 0.25) is 5.91 Å². The van der Waals surface area contributed by atoms with Gasteiger partial charge in [-0.2, -0.15) is 8.75 Å². The van der Waals surface area contributed by atoms with Crippen LogP contribution in [0.1, 0.15) is 31.1 Å². The van der Waals surface area contributed by atoms with Gasteiger partial charge in [-0.1, -0.05) is 20.8 Å². The minimum absolute atomic E-state index is 0.195. The molecule has 1 aromatic heterocycles. The Balaban J connectivity index is 1.30. The van der Waals surface area contributed by atoms with Crippen LogP contribution in [0.5, 0.6) is 0 Å². The van der Waals surface area contributed by atoms with Gasteiger partial charge in [-0.3, -0.25) is 14.9 Å². The van der Waals surface area contributed by atoms with Crippen LogP contribution in [-0.4, -0.2) is 56.8 Å².